The van der Waals surface area contributed by atoms with Crippen LogP contribution in [0.1, 0.15) is 110 Å². The molecule has 0 spiro atoms. The SMILES string of the molecule is CCCCOC[C@H]1OC(O)(c2cc(CCC(C)(C)[Si](O)(c3ccccc3)c3ccccc3)c(Cl)c(OC)c2)[C@H](OCCCC)[C@@H](OCCCC)[C@@H]1OCCCC. The molecule has 5 atom stereocenters. The molecular weight excluding hydrogens is 744 g/mol. The molecule has 1 aliphatic rings. The van der Waals surface area contributed by atoms with Crippen LogP contribution in [0.25, 0.3) is 0 Å². The molecule has 1 heterocycles. The van der Waals surface area contributed by atoms with Crippen molar-refractivity contribution in [2.45, 2.75) is 141 Å². The Bertz CT molecular complexity index is 1520. The summed E-state index contributed by atoms with van der Waals surface area (Å²) in [5.41, 5.74) is 1.23. The van der Waals surface area contributed by atoms with Crippen LogP contribution in [0.4, 0.5) is 0 Å². The van der Waals surface area contributed by atoms with Crippen LogP contribution in [0.5, 0.6) is 5.75 Å². The zero-order valence-electron chi connectivity index (χ0n) is 35.1. The van der Waals surface area contributed by atoms with Gasteiger partial charge < -0.3 is 38.3 Å². The molecule has 0 saturated carbocycles. The summed E-state index contributed by atoms with van der Waals surface area (Å²) in [6.45, 7) is 15.0. The van der Waals surface area contributed by atoms with Crippen LogP contribution < -0.4 is 15.1 Å². The second-order valence-corrected chi connectivity index (χ2v) is 20.1. The third-order valence-corrected chi connectivity index (χ3v) is 16.1. The number of aliphatic hydroxyl groups is 1. The lowest BCUT2D eigenvalue weighted by Gasteiger charge is -2.50. The van der Waals surface area contributed by atoms with Gasteiger partial charge >= 0.3 is 0 Å². The molecule has 3 aromatic rings. The molecule has 10 heteroatoms. The Morgan fingerprint density at radius 1 is 0.750 bits per heavy atom. The van der Waals surface area contributed by atoms with Gasteiger partial charge in [-0.1, -0.05) is 139 Å². The van der Waals surface area contributed by atoms with Crippen molar-refractivity contribution in [1.29, 1.82) is 0 Å². The Labute approximate surface area is 343 Å². The average molecular weight is 814 g/mol. The minimum absolute atomic E-state index is 0.225. The van der Waals surface area contributed by atoms with Crippen LogP contribution in [0.15, 0.2) is 72.8 Å². The number of ether oxygens (including phenoxy) is 6. The second-order valence-electron chi connectivity index (χ2n) is 15.8. The standard InChI is InChI=1S/C46H69ClO8Si/c1-8-12-28-51-34-40-42(52-29-13-9-2)43(53-30-14-10-3)44(54-31-15-11-4)46(48,55-40)36-32-35(41(47)39(33-36)50-7)26-27-45(5,6)56(49,37-22-18-16-19-23-37)38-24-20-17-21-25-38/h16-25,32-33,40,42-44,48-49H,8-15,26-31,34H2,1-7H3/t40-,42-,43+,44-,46?/m1/s1. The Hall–Kier alpha value is -2.31. The average Bonchev–Trinajstić information content (AvgIpc) is 3.21. The maximum Gasteiger partial charge on any atom is 0.258 e. The number of hydrogen-bond acceptors (Lipinski definition) is 8. The molecule has 1 unspecified atom stereocenters. The highest BCUT2D eigenvalue weighted by molar-refractivity contribution is 6.98. The summed E-state index contributed by atoms with van der Waals surface area (Å²) in [5.74, 6) is -1.54. The van der Waals surface area contributed by atoms with Gasteiger partial charge in [0.05, 0.1) is 18.7 Å². The van der Waals surface area contributed by atoms with E-state index in [0.717, 1.165) is 67.3 Å². The maximum atomic E-state index is 13.1. The lowest BCUT2D eigenvalue weighted by molar-refractivity contribution is -0.375. The molecule has 0 aromatic heterocycles. The second kappa shape index (κ2) is 22.7. The van der Waals surface area contributed by atoms with Crippen LogP contribution in [0.3, 0.4) is 0 Å². The molecule has 0 aliphatic carbocycles. The van der Waals surface area contributed by atoms with E-state index in [2.05, 4.69) is 41.5 Å². The van der Waals surface area contributed by atoms with Crippen LogP contribution in [0.2, 0.25) is 10.1 Å². The fourth-order valence-electron chi connectivity index (χ4n) is 7.58. The van der Waals surface area contributed by atoms with Crippen molar-refractivity contribution < 1.29 is 38.3 Å². The van der Waals surface area contributed by atoms with Crippen molar-refractivity contribution in [3.63, 3.8) is 0 Å². The quantitative estimate of drug-likeness (QED) is 0.0649. The molecular formula is C46H69ClO8Si. The van der Waals surface area contributed by atoms with Crippen LogP contribution >= 0.6 is 11.6 Å². The van der Waals surface area contributed by atoms with Crippen LogP contribution in [-0.2, 0) is 35.9 Å². The number of unbranched alkanes of at least 4 members (excludes halogenated alkanes) is 4. The summed E-state index contributed by atoms with van der Waals surface area (Å²) < 4.78 is 38.8. The number of aryl methyl sites for hydroxylation is 1. The van der Waals surface area contributed by atoms with Gasteiger partial charge in [-0.05, 0) is 71.6 Å². The zero-order valence-corrected chi connectivity index (χ0v) is 36.8. The Balaban J connectivity index is 1.80. The van der Waals surface area contributed by atoms with Gasteiger partial charge in [0.1, 0.15) is 30.2 Å². The summed E-state index contributed by atoms with van der Waals surface area (Å²) in [6, 6.07) is 23.7. The molecule has 0 bridgehead atoms. The molecule has 3 aromatic carbocycles. The van der Waals surface area contributed by atoms with E-state index in [1.54, 1.807) is 13.2 Å². The van der Waals surface area contributed by atoms with Gasteiger partial charge in [0, 0.05) is 32.0 Å². The highest BCUT2D eigenvalue weighted by atomic mass is 35.5. The number of hydrogen-bond donors (Lipinski definition) is 2. The lowest BCUT2D eigenvalue weighted by atomic mass is 9.86. The van der Waals surface area contributed by atoms with E-state index >= 15 is 0 Å². The first kappa shape index (κ1) is 46.4. The molecule has 1 saturated heterocycles. The van der Waals surface area contributed by atoms with E-state index < -0.39 is 43.6 Å². The Morgan fingerprint density at radius 3 is 1.80 bits per heavy atom. The van der Waals surface area contributed by atoms with E-state index in [1.807, 2.05) is 66.7 Å². The van der Waals surface area contributed by atoms with Crippen molar-refractivity contribution in [3.05, 3.63) is 88.9 Å². The largest absolute Gasteiger partial charge is 0.495 e. The minimum atomic E-state index is -3.30. The fraction of sp³-hybridized carbons (Fsp3) is 0.609. The first-order valence-electron chi connectivity index (χ1n) is 21.0. The molecule has 1 aliphatic heterocycles. The molecule has 312 valence electrons. The lowest BCUT2D eigenvalue weighted by Crippen LogP contribution is -2.66. The predicted octanol–water partition coefficient (Wildman–Crippen LogP) is 8.73. The first-order chi connectivity index (χ1) is 27.0. The summed E-state index contributed by atoms with van der Waals surface area (Å²) in [4.78, 5) is 12.9. The molecule has 56 heavy (non-hydrogen) atoms. The van der Waals surface area contributed by atoms with E-state index in [0.29, 0.717) is 55.6 Å². The highest BCUT2D eigenvalue weighted by Gasteiger charge is 2.57. The van der Waals surface area contributed by atoms with Gasteiger partial charge in [-0.2, -0.15) is 0 Å². The minimum Gasteiger partial charge on any atom is -0.495 e. The van der Waals surface area contributed by atoms with E-state index in [1.165, 1.54) is 0 Å². The highest BCUT2D eigenvalue weighted by Crippen LogP contribution is 2.46. The summed E-state index contributed by atoms with van der Waals surface area (Å²) in [5, 5.41) is 14.9. The molecule has 1 fully saturated rings. The monoisotopic (exact) mass is 812 g/mol. The predicted molar refractivity (Wildman–Crippen MR) is 229 cm³/mol. The fourth-order valence-corrected chi connectivity index (χ4v) is 11.6. The Morgan fingerprint density at radius 2 is 1.27 bits per heavy atom. The molecule has 4 rings (SSSR count). The maximum absolute atomic E-state index is 13.1. The number of halogens is 1. The van der Waals surface area contributed by atoms with Gasteiger partial charge in [-0.15, -0.1) is 0 Å². The normalized spacial score (nSPS) is 21.7. The van der Waals surface area contributed by atoms with Crippen molar-refractivity contribution in [1.82, 2.24) is 0 Å². The van der Waals surface area contributed by atoms with E-state index in [-0.39, 0.29) is 6.61 Å². The summed E-state index contributed by atoms with van der Waals surface area (Å²) >= 11 is 7.12. The van der Waals surface area contributed by atoms with Crippen molar-refractivity contribution >= 4 is 30.3 Å². The molecule has 2 N–H and O–H groups in total. The smallest absolute Gasteiger partial charge is 0.258 e. The number of methoxy groups -OCH3 is 1. The number of rotatable bonds is 25. The third-order valence-electron chi connectivity index (χ3n) is 11.2. The van der Waals surface area contributed by atoms with Gasteiger partial charge in [-0.25, -0.2) is 0 Å². The summed E-state index contributed by atoms with van der Waals surface area (Å²) in [7, 11) is -1.72. The van der Waals surface area contributed by atoms with Gasteiger partial charge in [-0.3, -0.25) is 0 Å². The molecule has 0 amide bonds. The van der Waals surface area contributed by atoms with Crippen molar-refractivity contribution in [2.75, 3.05) is 40.1 Å². The van der Waals surface area contributed by atoms with Crippen molar-refractivity contribution in [2.24, 2.45) is 0 Å². The van der Waals surface area contributed by atoms with E-state index in [9.17, 15) is 9.90 Å². The molecule has 8 nitrogen and oxygen atoms in total. The first-order valence-corrected chi connectivity index (χ1v) is 23.4. The van der Waals surface area contributed by atoms with Crippen molar-refractivity contribution in [3.8, 4) is 5.75 Å². The third kappa shape index (κ3) is 11.2. The molecule has 0 radical (unpaired) electrons. The topological polar surface area (TPSA) is 95.8 Å². The van der Waals surface area contributed by atoms with Gasteiger partial charge in [0.2, 0.25) is 5.79 Å². The Kier molecular flexibility index (Phi) is 18.8. The van der Waals surface area contributed by atoms with Crippen LogP contribution in [0, 0.1) is 0 Å². The summed E-state index contributed by atoms with van der Waals surface area (Å²) in [6.07, 6.45) is 5.69. The van der Waals surface area contributed by atoms with Gasteiger partial charge in [0.15, 0.2) is 0 Å². The van der Waals surface area contributed by atoms with E-state index in [4.69, 9.17) is 40.0 Å². The van der Waals surface area contributed by atoms with Gasteiger partial charge in [0.25, 0.3) is 8.32 Å². The number of benzene rings is 3. The van der Waals surface area contributed by atoms with Crippen LogP contribution in [-0.4, -0.2) is 82.8 Å². The zero-order chi connectivity index (χ0) is 40.6.